The Bertz CT molecular complexity index is 1270. The number of amides is 2. The number of halogens is 1. The van der Waals surface area contributed by atoms with Crippen LogP contribution in [-0.4, -0.2) is 24.9 Å². The molecule has 4 rings (SSSR count). The van der Waals surface area contributed by atoms with Gasteiger partial charge < -0.3 is 14.8 Å². The number of esters is 1. The normalized spacial score (nSPS) is 13.3. The van der Waals surface area contributed by atoms with Gasteiger partial charge in [0.25, 0.3) is 11.8 Å². The number of methoxy groups -OCH3 is 1. The Kier molecular flexibility index (Phi) is 6.65. The van der Waals surface area contributed by atoms with Gasteiger partial charge in [0.2, 0.25) is 0 Å². The minimum absolute atomic E-state index is 0.0280. The number of carbonyl (C=O) groups excluding carboxylic acids is 3. The van der Waals surface area contributed by atoms with Crippen LogP contribution < -0.4 is 19.7 Å². The number of nitrogens with one attached hydrogen (secondary N) is 1. The van der Waals surface area contributed by atoms with Gasteiger partial charge >= 0.3 is 5.97 Å². The quantitative estimate of drug-likeness (QED) is 0.296. The molecule has 1 N–H and O–H groups in total. The van der Waals surface area contributed by atoms with E-state index in [0.717, 1.165) is 16.9 Å². The standard InChI is InChI=1S/C26H21ClN2O5/c1-3-16-4-10-19(11-5-16)29-24(30)22(27)23(25(29)31)28-18-8-6-17(7-9-18)26(32)34-21-14-12-20(33-2)13-15-21/h4-15,28H,3H2,1-2H3. The minimum atomic E-state index is -0.599. The van der Waals surface area contributed by atoms with E-state index in [1.807, 2.05) is 19.1 Å². The minimum Gasteiger partial charge on any atom is -0.497 e. The van der Waals surface area contributed by atoms with Crippen molar-refractivity contribution in [3.63, 3.8) is 0 Å². The van der Waals surface area contributed by atoms with Crippen LogP contribution in [0, 0.1) is 0 Å². The number of ether oxygens (including phenoxy) is 2. The maximum atomic E-state index is 12.9. The summed E-state index contributed by atoms with van der Waals surface area (Å²) in [5, 5.41) is 2.69. The van der Waals surface area contributed by atoms with Gasteiger partial charge in [-0.3, -0.25) is 9.59 Å². The lowest BCUT2D eigenvalue weighted by Gasteiger charge is -2.15. The molecule has 7 nitrogen and oxygen atoms in total. The summed E-state index contributed by atoms with van der Waals surface area (Å²) in [4.78, 5) is 39.0. The molecule has 1 heterocycles. The van der Waals surface area contributed by atoms with Crippen molar-refractivity contribution < 1.29 is 23.9 Å². The van der Waals surface area contributed by atoms with E-state index in [4.69, 9.17) is 21.1 Å². The molecule has 0 spiro atoms. The molecule has 1 aliphatic rings. The zero-order valence-corrected chi connectivity index (χ0v) is 19.3. The van der Waals surface area contributed by atoms with Crippen LogP contribution in [0.5, 0.6) is 11.5 Å². The fourth-order valence-electron chi connectivity index (χ4n) is 3.37. The first-order chi connectivity index (χ1) is 16.4. The van der Waals surface area contributed by atoms with E-state index >= 15 is 0 Å². The molecular weight excluding hydrogens is 456 g/mol. The third-order valence-electron chi connectivity index (χ3n) is 5.29. The summed E-state index contributed by atoms with van der Waals surface area (Å²) in [7, 11) is 1.55. The predicted octanol–water partition coefficient (Wildman–Crippen LogP) is 4.91. The smallest absolute Gasteiger partial charge is 0.343 e. The number of imide groups is 1. The molecule has 0 fully saturated rings. The van der Waals surface area contributed by atoms with Gasteiger partial charge in [0, 0.05) is 5.69 Å². The summed E-state index contributed by atoms with van der Waals surface area (Å²) in [5.41, 5.74) is 2.30. The molecule has 0 unspecified atom stereocenters. The molecule has 34 heavy (non-hydrogen) atoms. The summed E-state index contributed by atoms with van der Waals surface area (Å²) < 4.78 is 10.4. The average molecular weight is 477 g/mol. The van der Waals surface area contributed by atoms with Crippen molar-refractivity contribution in [1.82, 2.24) is 0 Å². The lowest BCUT2D eigenvalue weighted by molar-refractivity contribution is -0.120. The topological polar surface area (TPSA) is 84.9 Å². The van der Waals surface area contributed by atoms with E-state index in [-0.39, 0.29) is 10.7 Å². The highest BCUT2D eigenvalue weighted by atomic mass is 35.5. The van der Waals surface area contributed by atoms with Crippen LogP contribution in [0.1, 0.15) is 22.8 Å². The second-order valence-corrected chi connectivity index (χ2v) is 7.80. The molecule has 8 heteroatoms. The average Bonchev–Trinajstić information content (AvgIpc) is 3.08. The third-order valence-corrected chi connectivity index (χ3v) is 5.64. The number of anilines is 2. The molecule has 0 atom stereocenters. The monoisotopic (exact) mass is 476 g/mol. The number of hydrogen-bond acceptors (Lipinski definition) is 6. The molecule has 0 aromatic heterocycles. The van der Waals surface area contributed by atoms with Crippen molar-refractivity contribution in [1.29, 1.82) is 0 Å². The van der Waals surface area contributed by atoms with Gasteiger partial charge in [-0.15, -0.1) is 0 Å². The molecule has 0 radical (unpaired) electrons. The molecule has 0 aliphatic carbocycles. The summed E-state index contributed by atoms with van der Waals surface area (Å²) in [6.07, 6.45) is 0.845. The Balaban J connectivity index is 1.45. The van der Waals surface area contributed by atoms with Gasteiger partial charge in [-0.2, -0.15) is 0 Å². The van der Waals surface area contributed by atoms with Crippen LogP contribution >= 0.6 is 11.6 Å². The van der Waals surface area contributed by atoms with Crippen molar-refractivity contribution in [2.45, 2.75) is 13.3 Å². The molecule has 3 aromatic carbocycles. The Morgan fingerprint density at radius 1 is 0.882 bits per heavy atom. The Morgan fingerprint density at radius 3 is 2.09 bits per heavy atom. The van der Waals surface area contributed by atoms with Gasteiger partial charge in [-0.1, -0.05) is 30.7 Å². The van der Waals surface area contributed by atoms with Crippen LogP contribution in [0.4, 0.5) is 11.4 Å². The maximum Gasteiger partial charge on any atom is 0.343 e. The molecule has 2 amide bonds. The molecule has 3 aromatic rings. The van der Waals surface area contributed by atoms with E-state index in [1.165, 1.54) is 0 Å². The fraction of sp³-hybridized carbons (Fsp3) is 0.115. The molecule has 172 valence electrons. The lowest BCUT2D eigenvalue weighted by atomic mass is 10.1. The lowest BCUT2D eigenvalue weighted by Crippen LogP contribution is -2.32. The van der Waals surface area contributed by atoms with Gasteiger partial charge in [0.15, 0.2) is 0 Å². The summed E-state index contributed by atoms with van der Waals surface area (Å²) in [6.45, 7) is 2.02. The van der Waals surface area contributed by atoms with Crippen molar-refractivity contribution in [2.75, 3.05) is 17.3 Å². The van der Waals surface area contributed by atoms with Crippen molar-refractivity contribution >= 4 is 40.8 Å². The number of benzene rings is 3. The zero-order valence-electron chi connectivity index (χ0n) is 18.5. The first kappa shape index (κ1) is 23.1. The largest absolute Gasteiger partial charge is 0.497 e. The molecule has 0 bridgehead atoms. The molecule has 0 saturated carbocycles. The van der Waals surface area contributed by atoms with Crippen LogP contribution in [-0.2, 0) is 16.0 Å². The highest BCUT2D eigenvalue weighted by Gasteiger charge is 2.38. The summed E-state index contributed by atoms with van der Waals surface area (Å²) >= 11 is 6.19. The third kappa shape index (κ3) is 4.65. The fourth-order valence-corrected chi connectivity index (χ4v) is 3.58. The van der Waals surface area contributed by atoms with Crippen LogP contribution in [0.15, 0.2) is 83.5 Å². The maximum absolute atomic E-state index is 12.9. The highest BCUT2D eigenvalue weighted by molar-refractivity contribution is 6.53. The van der Waals surface area contributed by atoms with Gasteiger partial charge in [-0.25, -0.2) is 9.69 Å². The Morgan fingerprint density at radius 2 is 1.50 bits per heavy atom. The first-order valence-electron chi connectivity index (χ1n) is 10.5. The highest BCUT2D eigenvalue weighted by Crippen LogP contribution is 2.30. The molecular formula is C26H21ClN2O5. The number of carbonyl (C=O) groups is 3. The Hall–Kier alpha value is -4.10. The van der Waals surface area contributed by atoms with E-state index in [2.05, 4.69) is 5.32 Å². The van der Waals surface area contributed by atoms with E-state index in [9.17, 15) is 14.4 Å². The summed E-state index contributed by atoms with van der Waals surface area (Å²) in [6, 6.07) is 20.1. The van der Waals surface area contributed by atoms with Gasteiger partial charge in [-0.05, 0) is 72.6 Å². The summed E-state index contributed by atoms with van der Waals surface area (Å²) in [5.74, 6) is -0.658. The van der Waals surface area contributed by atoms with Crippen LogP contribution in [0.2, 0.25) is 0 Å². The van der Waals surface area contributed by atoms with Gasteiger partial charge in [0.1, 0.15) is 22.2 Å². The van der Waals surface area contributed by atoms with E-state index < -0.39 is 17.8 Å². The van der Waals surface area contributed by atoms with Crippen LogP contribution in [0.25, 0.3) is 0 Å². The van der Waals surface area contributed by atoms with E-state index in [1.54, 1.807) is 67.8 Å². The number of aryl methyl sites for hydroxylation is 1. The zero-order chi connectivity index (χ0) is 24.2. The SMILES string of the molecule is CCc1ccc(N2C(=O)C(Cl)=C(Nc3ccc(C(=O)Oc4ccc(OC)cc4)cc3)C2=O)cc1. The Labute approximate surface area is 201 Å². The van der Waals surface area contributed by atoms with Crippen LogP contribution in [0.3, 0.4) is 0 Å². The van der Waals surface area contributed by atoms with E-state index in [0.29, 0.717) is 28.4 Å². The van der Waals surface area contributed by atoms with Crippen molar-refractivity contribution in [3.05, 3.63) is 94.7 Å². The van der Waals surface area contributed by atoms with Crippen molar-refractivity contribution in [2.24, 2.45) is 0 Å². The second-order valence-electron chi connectivity index (χ2n) is 7.42. The van der Waals surface area contributed by atoms with Crippen molar-refractivity contribution in [3.8, 4) is 11.5 Å². The molecule has 1 aliphatic heterocycles. The van der Waals surface area contributed by atoms with Gasteiger partial charge in [0.05, 0.1) is 18.4 Å². The number of rotatable bonds is 7. The molecule has 0 saturated heterocycles. The number of nitrogens with zero attached hydrogens (tertiary/aromatic N) is 1. The predicted molar refractivity (Wildman–Crippen MR) is 129 cm³/mol. The second kappa shape index (κ2) is 9.80. The first-order valence-corrected chi connectivity index (χ1v) is 10.9. The number of hydrogen-bond donors (Lipinski definition) is 1.